The summed E-state index contributed by atoms with van der Waals surface area (Å²) in [5, 5.41) is 0.562. The number of aryl methyl sites for hydroxylation is 1. The van der Waals surface area contributed by atoms with E-state index < -0.39 is 11.0 Å². The summed E-state index contributed by atoms with van der Waals surface area (Å²) in [4.78, 5) is 15.7. The molecule has 1 aliphatic carbocycles. The van der Waals surface area contributed by atoms with Gasteiger partial charge >= 0.3 is 0 Å². The van der Waals surface area contributed by atoms with E-state index in [1.54, 1.807) is 13.2 Å². The second-order valence-electron chi connectivity index (χ2n) is 12.1. The van der Waals surface area contributed by atoms with Gasteiger partial charge in [-0.1, -0.05) is 44.0 Å². The molecule has 1 amide bonds. The van der Waals surface area contributed by atoms with Gasteiger partial charge in [0.15, 0.2) is 0 Å². The Balaban J connectivity index is 1.63. The number of ether oxygens (including phenoxy) is 2. The molecule has 0 saturated heterocycles. The van der Waals surface area contributed by atoms with Crippen molar-refractivity contribution in [2.75, 3.05) is 31.7 Å². The van der Waals surface area contributed by atoms with E-state index >= 15 is 0 Å². The number of halogens is 1. The Labute approximate surface area is 259 Å². The molecule has 0 radical (unpaired) electrons. The summed E-state index contributed by atoms with van der Waals surface area (Å²) in [6.45, 7) is 14.2. The number of allylic oxidation sites excluding steroid dienone is 1. The Morgan fingerprint density at radius 3 is 2.69 bits per heavy atom. The van der Waals surface area contributed by atoms with Gasteiger partial charge in [-0.05, 0) is 98.7 Å². The molecule has 1 aliphatic heterocycles. The number of nitrogens with zero attached hydrogens (tertiary/aromatic N) is 1. The Morgan fingerprint density at radius 2 is 2.02 bits per heavy atom. The first-order valence-corrected chi connectivity index (χ1v) is 16.9. The maximum absolute atomic E-state index is 13.3. The van der Waals surface area contributed by atoms with Crippen LogP contribution in [0, 0.1) is 17.8 Å². The fraction of sp³-hybridized carbons (Fsp3) is 0.559. The van der Waals surface area contributed by atoms with E-state index in [0.717, 1.165) is 61.7 Å². The van der Waals surface area contributed by atoms with Crippen LogP contribution in [-0.4, -0.2) is 48.3 Å². The molecule has 6 unspecified atom stereocenters. The minimum atomic E-state index is -1.51. The summed E-state index contributed by atoms with van der Waals surface area (Å²) in [6.07, 6.45) is 7.07. The number of methoxy groups -OCH3 is 1. The van der Waals surface area contributed by atoms with Crippen LogP contribution in [0.4, 0.5) is 5.69 Å². The number of rotatable bonds is 13. The van der Waals surface area contributed by atoms with E-state index in [4.69, 9.17) is 21.1 Å². The van der Waals surface area contributed by atoms with Crippen LogP contribution in [0.1, 0.15) is 80.8 Å². The third-order valence-electron chi connectivity index (χ3n) is 9.28. The molecule has 1 N–H and O–H groups in total. The van der Waals surface area contributed by atoms with E-state index in [-0.39, 0.29) is 29.1 Å². The van der Waals surface area contributed by atoms with Crippen LogP contribution in [0.3, 0.4) is 0 Å². The minimum absolute atomic E-state index is 0.145. The smallest absolute Gasteiger partial charge is 0.263 e. The van der Waals surface area contributed by atoms with E-state index in [1.807, 2.05) is 38.1 Å². The molecule has 230 valence electrons. The predicted molar refractivity (Wildman–Crippen MR) is 174 cm³/mol. The number of carbonyl (C=O) groups excluding carboxylic acids is 1. The zero-order chi connectivity index (χ0) is 30.4. The number of carbonyl (C=O) groups is 1. The van der Waals surface area contributed by atoms with Gasteiger partial charge in [-0.25, -0.2) is 4.21 Å². The number of amides is 1. The highest BCUT2D eigenvalue weighted by molar-refractivity contribution is 7.84. The highest BCUT2D eigenvalue weighted by Crippen LogP contribution is 2.42. The molecule has 2 aromatic rings. The topological polar surface area (TPSA) is 67.9 Å². The molecule has 2 aliphatic rings. The fourth-order valence-corrected chi connectivity index (χ4v) is 7.48. The number of anilines is 1. The minimum Gasteiger partial charge on any atom is -0.491 e. The van der Waals surface area contributed by atoms with Gasteiger partial charge in [0.05, 0.1) is 23.6 Å². The van der Waals surface area contributed by atoms with Gasteiger partial charge < -0.3 is 14.4 Å². The van der Waals surface area contributed by atoms with E-state index in [0.29, 0.717) is 24.0 Å². The molecule has 0 spiro atoms. The number of nitrogens with one attached hydrogen (secondary N) is 1. The van der Waals surface area contributed by atoms with Gasteiger partial charge in [-0.15, -0.1) is 6.58 Å². The number of hydrogen-bond donors (Lipinski definition) is 1. The molecule has 2 aromatic carbocycles. The van der Waals surface area contributed by atoms with Crippen molar-refractivity contribution >= 4 is 34.2 Å². The lowest BCUT2D eigenvalue weighted by Crippen LogP contribution is -2.44. The third kappa shape index (κ3) is 7.59. The van der Waals surface area contributed by atoms with Gasteiger partial charge in [-0.2, -0.15) is 0 Å². The Bertz CT molecular complexity index is 1270. The third-order valence-corrected chi connectivity index (χ3v) is 11.0. The largest absolute Gasteiger partial charge is 0.491 e. The van der Waals surface area contributed by atoms with E-state index in [9.17, 15) is 9.00 Å². The molecule has 42 heavy (non-hydrogen) atoms. The van der Waals surface area contributed by atoms with E-state index in [2.05, 4.69) is 42.2 Å². The highest BCUT2D eigenvalue weighted by atomic mass is 35.5. The van der Waals surface area contributed by atoms with Crippen molar-refractivity contribution in [3.8, 4) is 5.75 Å². The number of fused-ring (bicyclic) bond motifs is 1. The van der Waals surface area contributed by atoms with Crippen molar-refractivity contribution in [2.45, 2.75) is 77.1 Å². The molecule has 6 nitrogen and oxygen atoms in total. The zero-order valence-electron chi connectivity index (χ0n) is 25.7. The predicted octanol–water partition coefficient (Wildman–Crippen LogP) is 7.33. The first kappa shape index (κ1) is 32.6. The maximum Gasteiger partial charge on any atom is 0.263 e. The van der Waals surface area contributed by atoms with E-state index in [1.165, 1.54) is 11.1 Å². The average molecular weight is 615 g/mol. The van der Waals surface area contributed by atoms with Crippen LogP contribution in [0.2, 0.25) is 5.02 Å². The van der Waals surface area contributed by atoms with Crippen LogP contribution in [0.25, 0.3) is 0 Å². The van der Waals surface area contributed by atoms with Crippen LogP contribution in [0.15, 0.2) is 49.1 Å². The van der Waals surface area contributed by atoms with Crippen molar-refractivity contribution in [3.05, 3.63) is 70.8 Å². The standard InChI is InChI=1S/C34H47ClN2O4S/c1-7-9-22(3)24(5)42(39)36-34(38)26-12-16-33-32(18-26)37(19-27-11-14-30(27)23(4)40-6)20-28(21-41-33)31-15-13-29(35)17-25(31)10-8-2/h7,12-13,15-18,22-24,27-28,30H,1,8-11,14,19-21H2,2-6H3,(H,36,38)/t22-,23?,24?,27?,28?,30?,42?/m0/s1. The van der Waals surface area contributed by atoms with Crippen LogP contribution < -0.4 is 14.4 Å². The number of hydrogen-bond acceptors (Lipinski definition) is 5. The lowest BCUT2D eigenvalue weighted by molar-refractivity contribution is -0.00412. The Kier molecular flexibility index (Phi) is 11.5. The molecular weight excluding hydrogens is 568 g/mol. The Morgan fingerprint density at radius 1 is 1.24 bits per heavy atom. The van der Waals surface area contributed by atoms with Crippen molar-refractivity contribution in [2.24, 2.45) is 17.8 Å². The summed E-state index contributed by atoms with van der Waals surface area (Å²) in [5.41, 5.74) is 3.92. The van der Waals surface area contributed by atoms with Gasteiger partial charge in [0.2, 0.25) is 0 Å². The SMILES string of the molecule is C=CC[C@H](C)C(C)S(=O)NC(=O)c1ccc2c(c1)N(CC1CCC1C(C)OC)CC(c1ccc(Cl)cc1CCC)CO2. The van der Waals surface area contributed by atoms with Crippen molar-refractivity contribution in [1.82, 2.24) is 4.72 Å². The quantitative estimate of drug-likeness (QED) is 0.239. The van der Waals surface area contributed by atoms with Crippen molar-refractivity contribution in [3.63, 3.8) is 0 Å². The average Bonchev–Trinajstić information content (AvgIpc) is 3.14. The van der Waals surface area contributed by atoms with Crippen LogP contribution >= 0.6 is 11.6 Å². The lowest BCUT2D eigenvalue weighted by Gasteiger charge is -2.43. The molecule has 0 bridgehead atoms. The van der Waals surface area contributed by atoms with Gasteiger partial charge in [0.1, 0.15) is 16.7 Å². The molecule has 7 atom stereocenters. The lowest BCUT2D eigenvalue weighted by atomic mass is 9.70. The zero-order valence-corrected chi connectivity index (χ0v) is 27.3. The Hall–Kier alpha value is -2.35. The molecule has 4 rings (SSSR count). The summed E-state index contributed by atoms with van der Waals surface area (Å²) in [7, 11) is 0.279. The molecule has 1 saturated carbocycles. The summed E-state index contributed by atoms with van der Waals surface area (Å²) in [6, 6.07) is 11.8. The molecule has 1 fully saturated rings. The van der Waals surface area contributed by atoms with Crippen LogP contribution in [0.5, 0.6) is 5.75 Å². The summed E-state index contributed by atoms with van der Waals surface area (Å²) >= 11 is 6.40. The highest BCUT2D eigenvalue weighted by Gasteiger charge is 2.38. The molecule has 8 heteroatoms. The second kappa shape index (κ2) is 14.9. The van der Waals surface area contributed by atoms with Crippen LogP contribution in [-0.2, 0) is 22.1 Å². The summed E-state index contributed by atoms with van der Waals surface area (Å²) < 4.78 is 27.9. The molecular formula is C34H47ClN2O4S. The normalized spacial score (nSPS) is 22.9. The van der Waals surface area contributed by atoms with Gasteiger partial charge in [0, 0.05) is 36.7 Å². The maximum atomic E-state index is 13.3. The number of benzene rings is 2. The molecule has 0 aromatic heterocycles. The fourth-order valence-electron chi connectivity index (χ4n) is 6.26. The van der Waals surface area contributed by atoms with Crippen molar-refractivity contribution in [1.29, 1.82) is 0 Å². The first-order valence-electron chi connectivity index (χ1n) is 15.3. The summed E-state index contributed by atoms with van der Waals surface area (Å²) in [5.74, 6) is 1.71. The van der Waals surface area contributed by atoms with Gasteiger partial charge in [0.25, 0.3) is 5.91 Å². The monoisotopic (exact) mass is 614 g/mol. The van der Waals surface area contributed by atoms with Crippen molar-refractivity contribution < 1.29 is 18.5 Å². The van der Waals surface area contributed by atoms with Gasteiger partial charge in [-0.3, -0.25) is 9.52 Å². The second-order valence-corrected chi connectivity index (χ2v) is 14.0. The molecule has 1 heterocycles. The first-order chi connectivity index (χ1) is 20.2.